The smallest absolute Gasteiger partial charge is 0.225 e. The summed E-state index contributed by atoms with van der Waals surface area (Å²) in [6.07, 6.45) is 1.53. The average molecular weight is 336 g/mol. The third-order valence-corrected chi connectivity index (χ3v) is 4.11. The maximum atomic E-state index is 9.46. The molecule has 24 heavy (non-hydrogen) atoms. The Morgan fingerprint density at radius 1 is 0.958 bits per heavy atom. The van der Waals surface area contributed by atoms with Gasteiger partial charge in [0.05, 0.1) is 31.0 Å². The van der Waals surface area contributed by atoms with Crippen LogP contribution in [0.15, 0.2) is 0 Å². The highest BCUT2D eigenvalue weighted by Crippen LogP contribution is 2.27. The number of aromatic amines is 1. The van der Waals surface area contributed by atoms with Gasteiger partial charge in [-0.3, -0.25) is 5.10 Å². The van der Waals surface area contributed by atoms with Crippen molar-refractivity contribution in [1.29, 1.82) is 0 Å². The van der Waals surface area contributed by atoms with Crippen molar-refractivity contribution in [3.05, 3.63) is 5.69 Å². The average Bonchev–Trinajstić information content (AvgIpc) is 3.01. The van der Waals surface area contributed by atoms with E-state index < -0.39 is 0 Å². The van der Waals surface area contributed by atoms with E-state index in [0.717, 1.165) is 24.1 Å². The number of anilines is 2. The summed E-state index contributed by atoms with van der Waals surface area (Å²) in [6.45, 7) is 8.15. The first kappa shape index (κ1) is 18.4. The van der Waals surface area contributed by atoms with Gasteiger partial charge in [-0.05, 0) is 18.8 Å². The van der Waals surface area contributed by atoms with Gasteiger partial charge in [-0.2, -0.15) is 10.1 Å². The Balaban J connectivity index is 2.48. The van der Waals surface area contributed by atoms with Crippen LogP contribution in [0.4, 0.5) is 11.8 Å². The van der Waals surface area contributed by atoms with E-state index >= 15 is 0 Å². The number of hydrogen-bond acceptors (Lipinski definition) is 7. The first-order valence-corrected chi connectivity index (χ1v) is 8.54. The van der Waals surface area contributed by atoms with Gasteiger partial charge < -0.3 is 20.8 Å². The zero-order chi connectivity index (χ0) is 17.7. The fourth-order valence-corrected chi connectivity index (χ4v) is 2.41. The summed E-state index contributed by atoms with van der Waals surface area (Å²) in [6, 6.07) is -0.209. The molecule has 5 N–H and O–H groups in total. The molecule has 0 bridgehead atoms. The second-order valence-electron chi connectivity index (χ2n) is 6.25. The second kappa shape index (κ2) is 8.25. The van der Waals surface area contributed by atoms with Crippen molar-refractivity contribution in [1.82, 2.24) is 20.2 Å². The van der Waals surface area contributed by atoms with Crippen molar-refractivity contribution < 1.29 is 10.2 Å². The molecule has 2 aromatic heterocycles. The number of fused-ring (bicyclic) bond motifs is 1. The first-order valence-electron chi connectivity index (χ1n) is 8.54. The summed E-state index contributed by atoms with van der Waals surface area (Å²) >= 11 is 0. The molecule has 8 heteroatoms. The summed E-state index contributed by atoms with van der Waals surface area (Å²) in [5.74, 6) is 1.27. The molecule has 0 aliphatic heterocycles. The Hall–Kier alpha value is -1.93. The molecular formula is C16H28N6O2. The van der Waals surface area contributed by atoms with Gasteiger partial charge in [0.15, 0.2) is 11.3 Å². The lowest BCUT2D eigenvalue weighted by Gasteiger charge is -2.18. The molecule has 0 saturated heterocycles. The van der Waals surface area contributed by atoms with Crippen molar-refractivity contribution in [2.24, 2.45) is 0 Å². The van der Waals surface area contributed by atoms with Gasteiger partial charge >= 0.3 is 0 Å². The minimum Gasteiger partial charge on any atom is -0.394 e. The third kappa shape index (κ3) is 3.93. The Labute approximate surface area is 142 Å². The predicted octanol–water partition coefficient (Wildman–Crippen LogP) is 1.84. The molecule has 0 unspecified atom stereocenters. The summed E-state index contributed by atoms with van der Waals surface area (Å²) in [5.41, 5.74) is 2.35. The Bertz CT molecular complexity index is 649. The van der Waals surface area contributed by atoms with Crippen molar-refractivity contribution in [2.75, 3.05) is 23.8 Å². The summed E-state index contributed by atoms with van der Waals surface area (Å²) in [7, 11) is 0. The molecule has 0 spiro atoms. The Kier molecular flexibility index (Phi) is 6.33. The van der Waals surface area contributed by atoms with Crippen LogP contribution in [0.25, 0.3) is 11.0 Å². The number of hydrogen-bond donors (Lipinski definition) is 5. The second-order valence-corrected chi connectivity index (χ2v) is 6.25. The van der Waals surface area contributed by atoms with Gasteiger partial charge in [0.1, 0.15) is 5.52 Å². The van der Waals surface area contributed by atoms with Gasteiger partial charge in [-0.15, -0.1) is 0 Å². The molecule has 0 saturated carbocycles. The van der Waals surface area contributed by atoms with Crippen LogP contribution < -0.4 is 10.6 Å². The van der Waals surface area contributed by atoms with E-state index in [1.165, 1.54) is 0 Å². The standard InChI is InChI=1S/C16H28N6O2/c1-5-10(7-23)17-15-14-13(12(9(3)4)21-22-14)19-16(20-15)18-11(6-2)8-24/h9-11,23-24H,5-8H2,1-4H3,(H,21,22)(H2,17,18,19,20)/t10-,11-/m0/s1. The number of aliphatic hydroxyl groups excluding tert-OH is 2. The first-order chi connectivity index (χ1) is 11.5. The zero-order valence-electron chi connectivity index (χ0n) is 14.8. The predicted molar refractivity (Wildman–Crippen MR) is 95.3 cm³/mol. The van der Waals surface area contributed by atoms with E-state index in [-0.39, 0.29) is 31.2 Å². The van der Waals surface area contributed by atoms with Crippen LogP contribution in [-0.2, 0) is 0 Å². The third-order valence-electron chi connectivity index (χ3n) is 4.11. The molecule has 8 nitrogen and oxygen atoms in total. The van der Waals surface area contributed by atoms with Crippen molar-refractivity contribution in [3.8, 4) is 0 Å². The summed E-state index contributed by atoms with van der Waals surface area (Å²) in [5, 5.41) is 32.7. The SMILES string of the molecule is CC[C@@H](CO)Nc1nc(N[C@@H](CC)CO)c2n[nH]c(C(C)C)c2n1. The summed E-state index contributed by atoms with van der Waals surface area (Å²) in [4.78, 5) is 9.09. The highest BCUT2D eigenvalue weighted by molar-refractivity contribution is 5.88. The quantitative estimate of drug-likeness (QED) is 0.474. The lowest BCUT2D eigenvalue weighted by atomic mass is 10.1. The minimum absolute atomic E-state index is 0.0112. The fraction of sp³-hybridized carbons (Fsp3) is 0.688. The van der Waals surface area contributed by atoms with Crippen LogP contribution in [0.2, 0.25) is 0 Å². The van der Waals surface area contributed by atoms with E-state index in [1.807, 2.05) is 13.8 Å². The monoisotopic (exact) mass is 336 g/mol. The van der Waals surface area contributed by atoms with Crippen LogP contribution in [0.5, 0.6) is 0 Å². The maximum absolute atomic E-state index is 9.46. The maximum Gasteiger partial charge on any atom is 0.225 e. The van der Waals surface area contributed by atoms with Crippen LogP contribution in [-0.4, -0.2) is 55.7 Å². The minimum atomic E-state index is -0.107. The van der Waals surface area contributed by atoms with Gasteiger partial charge in [-0.25, -0.2) is 4.98 Å². The molecule has 2 atom stereocenters. The van der Waals surface area contributed by atoms with Gasteiger partial charge in [0, 0.05) is 0 Å². The van der Waals surface area contributed by atoms with E-state index in [4.69, 9.17) is 0 Å². The van der Waals surface area contributed by atoms with Crippen LogP contribution in [0.1, 0.15) is 52.1 Å². The topological polar surface area (TPSA) is 119 Å². The molecule has 134 valence electrons. The molecule has 0 fully saturated rings. The Morgan fingerprint density at radius 3 is 2.12 bits per heavy atom. The van der Waals surface area contributed by atoms with Gasteiger partial charge in [0.25, 0.3) is 0 Å². The molecule has 0 aliphatic carbocycles. The van der Waals surface area contributed by atoms with Crippen molar-refractivity contribution >= 4 is 22.8 Å². The van der Waals surface area contributed by atoms with E-state index in [9.17, 15) is 10.2 Å². The molecule has 0 amide bonds. The number of aliphatic hydroxyl groups is 2. The van der Waals surface area contributed by atoms with Crippen molar-refractivity contribution in [3.63, 3.8) is 0 Å². The molecule has 2 heterocycles. The molecule has 0 radical (unpaired) electrons. The van der Waals surface area contributed by atoms with Crippen LogP contribution in [0.3, 0.4) is 0 Å². The van der Waals surface area contributed by atoms with Crippen LogP contribution >= 0.6 is 0 Å². The number of H-pyrrole nitrogens is 1. The molecule has 2 aromatic rings. The molecule has 0 aliphatic rings. The van der Waals surface area contributed by atoms with E-state index in [0.29, 0.717) is 17.3 Å². The Morgan fingerprint density at radius 2 is 1.58 bits per heavy atom. The lowest BCUT2D eigenvalue weighted by molar-refractivity contribution is 0.271. The molecule has 0 aromatic carbocycles. The number of nitrogens with zero attached hydrogens (tertiary/aromatic N) is 3. The zero-order valence-corrected chi connectivity index (χ0v) is 14.8. The number of aromatic nitrogens is 4. The molecular weight excluding hydrogens is 308 g/mol. The van der Waals surface area contributed by atoms with E-state index in [2.05, 4.69) is 44.6 Å². The van der Waals surface area contributed by atoms with E-state index in [1.54, 1.807) is 0 Å². The van der Waals surface area contributed by atoms with Crippen molar-refractivity contribution in [2.45, 2.75) is 58.5 Å². The highest BCUT2D eigenvalue weighted by atomic mass is 16.3. The number of nitrogens with one attached hydrogen (secondary N) is 3. The van der Waals surface area contributed by atoms with Gasteiger partial charge in [0.2, 0.25) is 5.95 Å². The normalized spacial score (nSPS) is 14.1. The number of rotatable bonds is 9. The van der Waals surface area contributed by atoms with Crippen LogP contribution in [0, 0.1) is 0 Å². The molecule has 2 rings (SSSR count). The summed E-state index contributed by atoms with van der Waals surface area (Å²) < 4.78 is 0. The largest absolute Gasteiger partial charge is 0.394 e. The van der Waals surface area contributed by atoms with Gasteiger partial charge in [-0.1, -0.05) is 27.7 Å². The fourth-order valence-electron chi connectivity index (χ4n) is 2.41. The lowest BCUT2D eigenvalue weighted by Crippen LogP contribution is -2.26. The highest BCUT2D eigenvalue weighted by Gasteiger charge is 2.19.